The van der Waals surface area contributed by atoms with E-state index in [-0.39, 0.29) is 13.0 Å². The summed E-state index contributed by atoms with van der Waals surface area (Å²) in [4.78, 5) is 10.8. The standard InChI is InChI=1S/C10H12BNO3/c1-8(13)12-10-4-2-9(3-5-10)11-14-6-7-15-11/h2-5H,6-7H2,1H3,(H,12,13). The van der Waals surface area contributed by atoms with Crippen LogP contribution in [0, 0.1) is 0 Å². The van der Waals surface area contributed by atoms with Crippen LogP contribution in [0.2, 0.25) is 0 Å². The average Bonchev–Trinajstić information content (AvgIpc) is 2.71. The summed E-state index contributed by atoms with van der Waals surface area (Å²) in [7, 11) is -0.253. The number of hydrogen-bond donors (Lipinski definition) is 1. The number of anilines is 1. The number of hydrogen-bond acceptors (Lipinski definition) is 3. The van der Waals surface area contributed by atoms with Crippen LogP contribution in [0.25, 0.3) is 0 Å². The molecule has 1 N–H and O–H groups in total. The van der Waals surface area contributed by atoms with Crippen molar-refractivity contribution in [3.05, 3.63) is 24.3 Å². The molecule has 0 aliphatic carbocycles. The molecule has 1 aromatic carbocycles. The van der Waals surface area contributed by atoms with E-state index in [1.165, 1.54) is 6.92 Å². The molecule has 1 aliphatic rings. The lowest BCUT2D eigenvalue weighted by atomic mass is 9.79. The van der Waals surface area contributed by atoms with Gasteiger partial charge in [-0.3, -0.25) is 4.79 Å². The summed E-state index contributed by atoms with van der Waals surface area (Å²) in [5, 5.41) is 2.70. The van der Waals surface area contributed by atoms with Crippen LogP contribution < -0.4 is 10.8 Å². The van der Waals surface area contributed by atoms with Gasteiger partial charge in [0.1, 0.15) is 0 Å². The van der Waals surface area contributed by atoms with Crippen molar-refractivity contribution >= 4 is 24.2 Å². The van der Waals surface area contributed by atoms with Crippen molar-refractivity contribution in [3.63, 3.8) is 0 Å². The molecule has 15 heavy (non-hydrogen) atoms. The van der Waals surface area contributed by atoms with Crippen molar-refractivity contribution in [2.75, 3.05) is 18.5 Å². The molecule has 0 atom stereocenters. The Balaban J connectivity index is 2.06. The van der Waals surface area contributed by atoms with Crippen LogP contribution in [0.3, 0.4) is 0 Å². The molecule has 1 saturated heterocycles. The molecule has 0 bridgehead atoms. The van der Waals surface area contributed by atoms with Crippen molar-refractivity contribution < 1.29 is 14.1 Å². The Morgan fingerprint density at radius 2 is 1.87 bits per heavy atom. The minimum absolute atomic E-state index is 0.0730. The molecular formula is C10H12BNO3. The number of rotatable bonds is 2. The largest absolute Gasteiger partial charge is 0.494 e. The van der Waals surface area contributed by atoms with E-state index in [0.29, 0.717) is 13.2 Å². The van der Waals surface area contributed by atoms with Gasteiger partial charge in [-0.05, 0) is 17.6 Å². The van der Waals surface area contributed by atoms with Gasteiger partial charge in [-0.15, -0.1) is 0 Å². The van der Waals surface area contributed by atoms with Gasteiger partial charge in [0.25, 0.3) is 0 Å². The minimum Gasteiger partial charge on any atom is -0.405 e. The lowest BCUT2D eigenvalue weighted by molar-refractivity contribution is -0.114. The summed E-state index contributed by atoms with van der Waals surface area (Å²) in [6, 6.07) is 7.45. The van der Waals surface area contributed by atoms with Gasteiger partial charge >= 0.3 is 7.12 Å². The maximum atomic E-state index is 10.8. The van der Waals surface area contributed by atoms with E-state index in [4.69, 9.17) is 9.31 Å². The summed E-state index contributed by atoms with van der Waals surface area (Å²) in [6.45, 7) is 2.76. The average molecular weight is 205 g/mol. The van der Waals surface area contributed by atoms with Crippen molar-refractivity contribution in [2.24, 2.45) is 0 Å². The Morgan fingerprint density at radius 1 is 1.27 bits per heavy atom. The van der Waals surface area contributed by atoms with E-state index in [2.05, 4.69) is 5.32 Å². The van der Waals surface area contributed by atoms with Crippen molar-refractivity contribution in [3.8, 4) is 0 Å². The monoisotopic (exact) mass is 205 g/mol. The lowest BCUT2D eigenvalue weighted by Crippen LogP contribution is -2.31. The number of carbonyl (C=O) groups is 1. The van der Waals surface area contributed by atoms with Gasteiger partial charge in [0, 0.05) is 12.6 Å². The fraction of sp³-hybridized carbons (Fsp3) is 0.300. The zero-order chi connectivity index (χ0) is 10.7. The number of benzene rings is 1. The fourth-order valence-electron chi connectivity index (χ4n) is 1.48. The van der Waals surface area contributed by atoms with Gasteiger partial charge in [-0.1, -0.05) is 12.1 Å². The van der Waals surface area contributed by atoms with Crippen LogP contribution in [0.4, 0.5) is 5.69 Å². The first-order chi connectivity index (χ1) is 7.25. The van der Waals surface area contributed by atoms with Crippen molar-refractivity contribution in [2.45, 2.75) is 6.92 Å². The highest BCUT2D eigenvalue weighted by molar-refractivity contribution is 6.61. The smallest absolute Gasteiger partial charge is 0.405 e. The lowest BCUT2D eigenvalue weighted by Gasteiger charge is -2.06. The first kappa shape index (κ1) is 10.2. The first-order valence-corrected chi connectivity index (χ1v) is 4.86. The summed E-state index contributed by atoms with van der Waals surface area (Å²) < 4.78 is 10.7. The Bertz CT molecular complexity index is 346. The summed E-state index contributed by atoms with van der Waals surface area (Å²) in [5.74, 6) is -0.0730. The van der Waals surface area contributed by atoms with Crippen LogP contribution >= 0.6 is 0 Å². The predicted molar refractivity (Wildman–Crippen MR) is 58.0 cm³/mol. The maximum absolute atomic E-state index is 10.8. The molecule has 0 spiro atoms. The molecule has 1 aliphatic heterocycles. The summed E-state index contributed by atoms with van der Waals surface area (Å²) in [6.07, 6.45) is 0. The van der Waals surface area contributed by atoms with Crippen molar-refractivity contribution in [1.29, 1.82) is 0 Å². The van der Waals surface area contributed by atoms with Gasteiger partial charge in [0.15, 0.2) is 0 Å². The molecule has 1 heterocycles. The van der Waals surface area contributed by atoms with Gasteiger partial charge in [0.2, 0.25) is 5.91 Å². The zero-order valence-electron chi connectivity index (χ0n) is 8.53. The molecule has 5 heteroatoms. The van der Waals surface area contributed by atoms with Crippen LogP contribution in [0.1, 0.15) is 6.92 Å². The predicted octanol–water partition coefficient (Wildman–Crippen LogP) is 0.387. The normalized spacial score (nSPS) is 15.4. The second-order valence-corrected chi connectivity index (χ2v) is 3.38. The molecule has 0 unspecified atom stereocenters. The molecule has 78 valence electrons. The van der Waals surface area contributed by atoms with Gasteiger partial charge in [-0.25, -0.2) is 0 Å². The summed E-state index contributed by atoms with van der Waals surface area (Å²) in [5.41, 5.74) is 1.76. The highest BCUT2D eigenvalue weighted by Gasteiger charge is 2.25. The Morgan fingerprint density at radius 3 is 2.40 bits per heavy atom. The zero-order valence-corrected chi connectivity index (χ0v) is 8.53. The van der Waals surface area contributed by atoms with Crippen molar-refractivity contribution in [1.82, 2.24) is 0 Å². The van der Waals surface area contributed by atoms with Crippen LogP contribution in [-0.4, -0.2) is 26.2 Å². The first-order valence-electron chi connectivity index (χ1n) is 4.86. The molecule has 0 aromatic heterocycles. The molecule has 1 aromatic rings. The molecule has 0 radical (unpaired) electrons. The number of nitrogens with one attached hydrogen (secondary N) is 1. The van der Waals surface area contributed by atoms with Crippen LogP contribution in [0.15, 0.2) is 24.3 Å². The highest BCUT2D eigenvalue weighted by atomic mass is 16.6. The molecule has 0 saturated carbocycles. The highest BCUT2D eigenvalue weighted by Crippen LogP contribution is 2.06. The molecule has 1 amide bonds. The Labute approximate surface area is 88.7 Å². The molecule has 1 fully saturated rings. The van der Waals surface area contributed by atoms with Gasteiger partial charge in [-0.2, -0.15) is 0 Å². The van der Waals surface area contributed by atoms with E-state index in [0.717, 1.165) is 11.2 Å². The van der Waals surface area contributed by atoms with Gasteiger partial charge < -0.3 is 14.6 Å². The van der Waals surface area contributed by atoms with E-state index in [1.54, 1.807) is 0 Å². The van der Waals surface area contributed by atoms with Crippen LogP contribution in [0.5, 0.6) is 0 Å². The Kier molecular flexibility index (Phi) is 3.04. The van der Waals surface area contributed by atoms with E-state index >= 15 is 0 Å². The SMILES string of the molecule is CC(=O)Nc1ccc(B2OCCO2)cc1. The second kappa shape index (κ2) is 4.46. The summed E-state index contributed by atoms with van der Waals surface area (Å²) >= 11 is 0. The molecular weight excluding hydrogens is 193 g/mol. The number of carbonyl (C=O) groups excluding carboxylic acids is 1. The third kappa shape index (κ3) is 2.58. The second-order valence-electron chi connectivity index (χ2n) is 3.38. The third-order valence-corrected chi connectivity index (χ3v) is 2.13. The maximum Gasteiger partial charge on any atom is 0.494 e. The van der Waals surface area contributed by atoms with E-state index < -0.39 is 0 Å². The van der Waals surface area contributed by atoms with E-state index in [1.807, 2.05) is 24.3 Å². The third-order valence-electron chi connectivity index (χ3n) is 2.13. The van der Waals surface area contributed by atoms with Gasteiger partial charge in [0.05, 0.1) is 13.2 Å². The molecule has 2 rings (SSSR count). The Hall–Kier alpha value is -1.33. The van der Waals surface area contributed by atoms with Crippen LogP contribution in [-0.2, 0) is 14.1 Å². The molecule has 4 nitrogen and oxygen atoms in total. The minimum atomic E-state index is -0.253. The van der Waals surface area contributed by atoms with E-state index in [9.17, 15) is 4.79 Å². The topological polar surface area (TPSA) is 47.6 Å². The number of amides is 1. The quantitative estimate of drug-likeness (QED) is 0.710. The fourth-order valence-corrected chi connectivity index (χ4v) is 1.48.